The van der Waals surface area contributed by atoms with Crippen LogP contribution in [0.3, 0.4) is 0 Å². The van der Waals surface area contributed by atoms with Crippen LogP contribution in [0.2, 0.25) is 0 Å². The molecule has 3 N–H and O–H groups in total. The first-order chi connectivity index (χ1) is 8.08. The van der Waals surface area contributed by atoms with Crippen molar-refractivity contribution in [3.05, 3.63) is 38.3 Å². The fraction of sp³-hybridized carbons (Fsp3) is 0.250. The summed E-state index contributed by atoms with van der Waals surface area (Å²) in [7, 11) is 0. The average molecular weight is 312 g/mol. The normalized spacial score (nSPS) is 10.5. The Morgan fingerprint density at radius 3 is 2.82 bits per heavy atom. The van der Waals surface area contributed by atoms with Crippen LogP contribution >= 0.6 is 27.3 Å². The number of anilines is 2. The number of benzene rings is 1. The molecule has 3 nitrogen and oxygen atoms in total. The number of nitrogens with zero attached hydrogens (tertiary/aromatic N) is 1. The zero-order chi connectivity index (χ0) is 12.4. The van der Waals surface area contributed by atoms with Crippen molar-refractivity contribution in [1.29, 1.82) is 0 Å². The number of hydrogen-bond acceptors (Lipinski definition) is 4. The van der Waals surface area contributed by atoms with Crippen LogP contribution in [0.1, 0.15) is 16.1 Å². The fourth-order valence-corrected chi connectivity index (χ4v) is 2.72. The van der Waals surface area contributed by atoms with Gasteiger partial charge in [0.2, 0.25) is 0 Å². The van der Waals surface area contributed by atoms with Gasteiger partial charge in [0.1, 0.15) is 0 Å². The standard InChI is InChI=1S/C12H14BrN3S/c1-7-3-11(9(13)4-10(7)14)15-5-12-8(2)16-6-17-12/h3-4,6,15H,5,14H2,1-2H3. The van der Waals surface area contributed by atoms with E-state index >= 15 is 0 Å². The number of rotatable bonds is 3. The quantitative estimate of drug-likeness (QED) is 0.849. The lowest BCUT2D eigenvalue weighted by Crippen LogP contribution is -2.01. The predicted molar refractivity (Wildman–Crippen MR) is 77.5 cm³/mol. The molecule has 90 valence electrons. The SMILES string of the molecule is Cc1cc(NCc2scnc2C)c(Br)cc1N. The molecule has 1 aromatic heterocycles. The molecule has 2 rings (SSSR count). The topological polar surface area (TPSA) is 50.9 Å². The van der Waals surface area contributed by atoms with E-state index in [0.29, 0.717) is 0 Å². The van der Waals surface area contributed by atoms with Crippen molar-refractivity contribution in [2.45, 2.75) is 20.4 Å². The summed E-state index contributed by atoms with van der Waals surface area (Å²) in [5.74, 6) is 0. The molecule has 0 radical (unpaired) electrons. The van der Waals surface area contributed by atoms with Gasteiger partial charge in [-0.3, -0.25) is 0 Å². The van der Waals surface area contributed by atoms with E-state index in [0.717, 1.165) is 33.6 Å². The van der Waals surface area contributed by atoms with Crippen molar-refractivity contribution in [1.82, 2.24) is 4.98 Å². The molecule has 0 spiro atoms. The molecule has 2 aromatic rings. The van der Waals surface area contributed by atoms with Gasteiger partial charge < -0.3 is 11.1 Å². The molecule has 0 bridgehead atoms. The van der Waals surface area contributed by atoms with Gasteiger partial charge in [0, 0.05) is 20.7 Å². The molecule has 0 unspecified atom stereocenters. The Bertz CT molecular complexity index is 537. The van der Waals surface area contributed by atoms with Crippen LogP contribution in [-0.4, -0.2) is 4.98 Å². The van der Waals surface area contributed by atoms with Crippen LogP contribution in [0.25, 0.3) is 0 Å². The third kappa shape index (κ3) is 2.79. The van der Waals surface area contributed by atoms with Crippen molar-refractivity contribution in [2.75, 3.05) is 11.1 Å². The molecule has 1 heterocycles. The summed E-state index contributed by atoms with van der Waals surface area (Å²) in [5.41, 5.74) is 11.7. The van der Waals surface area contributed by atoms with E-state index in [1.807, 2.05) is 25.4 Å². The number of aryl methyl sites for hydroxylation is 2. The predicted octanol–water partition coefficient (Wildman–Crippen LogP) is 3.72. The molecule has 17 heavy (non-hydrogen) atoms. The second kappa shape index (κ2) is 5.06. The molecule has 1 aromatic carbocycles. The number of nitrogen functional groups attached to an aromatic ring is 1. The van der Waals surface area contributed by atoms with Gasteiger partial charge in [-0.05, 0) is 47.5 Å². The van der Waals surface area contributed by atoms with Crippen molar-refractivity contribution in [3.8, 4) is 0 Å². The van der Waals surface area contributed by atoms with Crippen molar-refractivity contribution < 1.29 is 0 Å². The first kappa shape index (κ1) is 12.4. The lowest BCUT2D eigenvalue weighted by atomic mass is 10.2. The van der Waals surface area contributed by atoms with E-state index in [9.17, 15) is 0 Å². The highest BCUT2D eigenvalue weighted by atomic mass is 79.9. The number of aromatic nitrogens is 1. The zero-order valence-corrected chi connectivity index (χ0v) is 12.2. The van der Waals surface area contributed by atoms with Crippen LogP contribution in [0, 0.1) is 13.8 Å². The van der Waals surface area contributed by atoms with Crippen LogP contribution < -0.4 is 11.1 Å². The van der Waals surface area contributed by atoms with E-state index in [1.54, 1.807) is 11.3 Å². The molecule has 5 heteroatoms. The maximum absolute atomic E-state index is 5.84. The van der Waals surface area contributed by atoms with E-state index in [1.165, 1.54) is 4.88 Å². The second-order valence-electron chi connectivity index (χ2n) is 3.90. The summed E-state index contributed by atoms with van der Waals surface area (Å²) in [6.45, 7) is 4.82. The fourth-order valence-electron chi connectivity index (χ4n) is 1.50. The summed E-state index contributed by atoms with van der Waals surface area (Å²) in [4.78, 5) is 5.49. The third-order valence-electron chi connectivity index (χ3n) is 2.64. The molecular weight excluding hydrogens is 298 g/mol. The van der Waals surface area contributed by atoms with Crippen molar-refractivity contribution >= 4 is 38.6 Å². The summed E-state index contributed by atoms with van der Waals surface area (Å²) in [6, 6.07) is 3.98. The number of thiazole rings is 1. The Morgan fingerprint density at radius 1 is 1.41 bits per heavy atom. The highest BCUT2D eigenvalue weighted by Gasteiger charge is 2.05. The average Bonchev–Trinajstić information content (AvgIpc) is 2.68. The largest absolute Gasteiger partial charge is 0.398 e. The van der Waals surface area contributed by atoms with Gasteiger partial charge in [0.25, 0.3) is 0 Å². The van der Waals surface area contributed by atoms with Crippen LogP contribution in [0.5, 0.6) is 0 Å². The van der Waals surface area contributed by atoms with E-state index in [2.05, 4.69) is 32.3 Å². The Hall–Kier alpha value is -1.07. The molecule has 0 amide bonds. The smallest absolute Gasteiger partial charge is 0.0798 e. The second-order valence-corrected chi connectivity index (χ2v) is 5.70. The van der Waals surface area contributed by atoms with Gasteiger partial charge in [-0.1, -0.05) is 0 Å². The summed E-state index contributed by atoms with van der Waals surface area (Å²) < 4.78 is 0.989. The Labute approximate surface area is 113 Å². The van der Waals surface area contributed by atoms with Crippen molar-refractivity contribution in [2.24, 2.45) is 0 Å². The lowest BCUT2D eigenvalue weighted by Gasteiger charge is -2.10. The van der Waals surface area contributed by atoms with E-state index in [4.69, 9.17) is 5.73 Å². The van der Waals surface area contributed by atoms with Crippen LogP contribution in [-0.2, 0) is 6.54 Å². The molecule has 0 aliphatic heterocycles. The highest BCUT2D eigenvalue weighted by Crippen LogP contribution is 2.28. The summed E-state index contributed by atoms with van der Waals surface area (Å²) in [6.07, 6.45) is 0. The Kier molecular flexibility index (Phi) is 3.69. The minimum absolute atomic E-state index is 0.790. The Balaban J connectivity index is 2.14. The van der Waals surface area contributed by atoms with Gasteiger partial charge in [-0.15, -0.1) is 11.3 Å². The molecule has 0 fully saturated rings. The van der Waals surface area contributed by atoms with Crippen molar-refractivity contribution in [3.63, 3.8) is 0 Å². The van der Waals surface area contributed by atoms with Crippen LogP contribution in [0.4, 0.5) is 11.4 Å². The Morgan fingerprint density at radius 2 is 2.18 bits per heavy atom. The van der Waals surface area contributed by atoms with Gasteiger partial charge in [-0.25, -0.2) is 4.98 Å². The number of halogens is 1. The maximum Gasteiger partial charge on any atom is 0.0798 e. The summed E-state index contributed by atoms with van der Waals surface area (Å²) in [5, 5.41) is 3.39. The summed E-state index contributed by atoms with van der Waals surface area (Å²) >= 11 is 5.18. The van der Waals surface area contributed by atoms with Crippen LogP contribution in [0.15, 0.2) is 22.1 Å². The number of nitrogens with two attached hydrogens (primary N) is 1. The minimum Gasteiger partial charge on any atom is -0.398 e. The maximum atomic E-state index is 5.84. The van der Waals surface area contributed by atoms with Gasteiger partial charge >= 0.3 is 0 Å². The van der Waals surface area contributed by atoms with E-state index in [-0.39, 0.29) is 0 Å². The molecular formula is C12H14BrN3S. The molecule has 0 saturated carbocycles. The molecule has 0 aliphatic carbocycles. The first-order valence-corrected chi connectivity index (χ1v) is 6.93. The molecule has 0 atom stereocenters. The third-order valence-corrected chi connectivity index (χ3v) is 4.23. The van der Waals surface area contributed by atoms with Gasteiger partial charge in [0.05, 0.1) is 17.7 Å². The zero-order valence-electron chi connectivity index (χ0n) is 9.75. The number of nitrogens with one attached hydrogen (secondary N) is 1. The minimum atomic E-state index is 0.790. The lowest BCUT2D eigenvalue weighted by molar-refractivity contribution is 1.12. The van der Waals surface area contributed by atoms with E-state index < -0.39 is 0 Å². The molecule has 0 saturated heterocycles. The monoisotopic (exact) mass is 311 g/mol. The highest BCUT2D eigenvalue weighted by molar-refractivity contribution is 9.10. The van der Waals surface area contributed by atoms with Gasteiger partial charge in [0.15, 0.2) is 0 Å². The first-order valence-electron chi connectivity index (χ1n) is 5.26. The van der Waals surface area contributed by atoms with Gasteiger partial charge in [-0.2, -0.15) is 0 Å². The number of hydrogen-bond donors (Lipinski definition) is 2. The molecule has 0 aliphatic rings.